The molecule has 1 aromatic rings. The summed E-state index contributed by atoms with van der Waals surface area (Å²) >= 11 is 0. The number of carbonyl (C=O) groups is 1. The quantitative estimate of drug-likeness (QED) is 0.584. The van der Waals surface area contributed by atoms with Gasteiger partial charge in [0, 0.05) is 18.5 Å². The van der Waals surface area contributed by atoms with E-state index in [1.807, 2.05) is 24.3 Å². The first kappa shape index (κ1) is 15.7. The molecule has 2 atom stereocenters. The number of sulfonamides is 1. The van der Waals surface area contributed by atoms with Crippen LogP contribution >= 0.6 is 0 Å². The van der Waals surface area contributed by atoms with Crippen molar-refractivity contribution in [2.75, 3.05) is 18.9 Å². The lowest BCUT2D eigenvalue weighted by Crippen LogP contribution is -2.41. The SMILES string of the molecule is O=C(O)N[C@@H]1Cc2ccccc2[C@@H]1CS(=O)(=O)NCCO. The summed E-state index contributed by atoms with van der Waals surface area (Å²) in [6, 6.07) is 6.89. The monoisotopic (exact) mass is 314 g/mol. The molecule has 0 saturated carbocycles. The van der Waals surface area contributed by atoms with Crippen molar-refractivity contribution in [2.45, 2.75) is 18.4 Å². The van der Waals surface area contributed by atoms with Gasteiger partial charge in [-0.1, -0.05) is 24.3 Å². The molecule has 8 heteroatoms. The molecule has 7 nitrogen and oxygen atoms in total. The molecule has 4 N–H and O–H groups in total. The largest absolute Gasteiger partial charge is 0.465 e. The van der Waals surface area contributed by atoms with Crippen molar-refractivity contribution in [2.24, 2.45) is 0 Å². The minimum absolute atomic E-state index is 0.0479. The Hall–Kier alpha value is -1.64. The van der Waals surface area contributed by atoms with E-state index in [0.29, 0.717) is 6.42 Å². The minimum atomic E-state index is -3.58. The van der Waals surface area contributed by atoms with E-state index in [1.54, 1.807) is 0 Å². The van der Waals surface area contributed by atoms with Gasteiger partial charge in [-0.05, 0) is 17.5 Å². The van der Waals surface area contributed by atoms with E-state index in [9.17, 15) is 13.2 Å². The predicted molar refractivity (Wildman–Crippen MR) is 76.7 cm³/mol. The van der Waals surface area contributed by atoms with E-state index in [-0.39, 0.29) is 18.9 Å². The predicted octanol–water partition coefficient (Wildman–Crippen LogP) is -0.126. The highest BCUT2D eigenvalue weighted by Crippen LogP contribution is 2.34. The van der Waals surface area contributed by atoms with Crippen molar-refractivity contribution in [1.29, 1.82) is 0 Å². The molecule has 1 aliphatic carbocycles. The second-order valence-electron chi connectivity index (χ2n) is 4.96. The van der Waals surface area contributed by atoms with Crippen molar-refractivity contribution < 1.29 is 23.4 Å². The lowest BCUT2D eigenvalue weighted by molar-refractivity contribution is 0.189. The van der Waals surface area contributed by atoms with Gasteiger partial charge in [0.05, 0.1) is 12.4 Å². The number of hydrogen-bond donors (Lipinski definition) is 4. The molecule has 2 rings (SSSR count). The highest BCUT2D eigenvalue weighted by atomic mass is 32.2. The Morgan fingerprint density at radius 1 is 1.33 bits per heavy atom. The molecule has 1 aromatic carbocycles. The second-order valence-corrected chi connectivity index (χ2v) is 6.82. The maximum absolute atomic E-state index is 12.0. The van der Waals surface area contributed by atoms with Crippen LogP contribution in [0.15, 0.2) is 24.3 Å². The van der Waals surface area contributed by atoms with Crippen molar-refractivity contribution in [3.8, 4) is 0 Å². The van der Waals surface area contributed by atoms with Gasteiger partial charge >= 0.3 is 6.09 Å². The van der Waals surface area contributed by atoms with Gasteiger partial charge in [0.1, 0.15) is 0 Å². The molecule has 1 aliphatic rings. The number of carboxylic acid groups (broad SMARTS) is 1. The Morgan fingerprint density at radius 2 is 2.05 bits per heavy atom. The van der Waals surface area contributed by atoms with Crippen LogP contribution < -0.4 is 10.0 Å². The number of rotatable bonds is 6. The molecule has 21 heavy (non-hydrogen) atoms. The van der Waals surface area contributed by atoms with Crippen LogP contribution in [0.5, 0.6) is 0 Å². The maximum Gasteiger partial charge on any atom is 0.404 e. The maximum atomic E-state index is 12.0. The Kier molecular flexibility index (Phi) is 4.81. The van der Waals surface area contributed by atoms with E-state index in [0.717, 1.165) is 11.1 Å². The number of amides is 1. The van der Waals surface area contributed by atoms with Crippen LogP contribution in [0.25, 0.3) is 0 Å². The first-order valence-corrected chi connectivity index (χ1v) is 8.23. The summed E-state index contributed by atoms with van der Waals surface area (Å²) in [6.07, 6.45) is -0.693. The van der Waals surface area contributed by atoms with Crippen LogP contribution in [-0.4, -0.2) is 49.7 Å². The Bertz CT molecular complexity index is 617. The fourth-order valence-electron chi connectivity index (χ4n) is 2.69. The highest BCUT2D eigenvalue weighted by molar-refractivity contribution is 7.89. The third-order valence-corrected chi connectivity index (χ3v) is 4.96. The number of nitrogens with one attached hydrogen (secondary N) is 2. The van der Waals surface area contributed by atoms with E-state index in [1.165, 1.54) is 0 Å². The molecular formula is C13H18N2O5S. The molecular weight excluding hydrogens is 296 g/mol. The summed E-state index contributed by atoms with van der Waals surface area (Å²) in [5.41, 5.74) is 1.81. The molecule has 0 heterocycles. The normalized spacial score (nSPS) is 21.0. The summed E-state index contributed by atoms with van der Waals surface area (Å²) in [6.45, 7) is -0.328. The standard InChI is InChI=1S/C13H18N2O5S/c16-6-5-14-21(19,20)8-11-10-4-2-1-3-9(10)7-12(11)15-13(17)18/h1-4,11-12,14-16H,5-8H2,(H,17,18)/t11-,12+/m0/s1. The van der Waals surface area contributed by atoms with E-state index in [2.05, 4.69) is 10.0 Å². The zero-order chi connectivity index (χ0) is 15.5. The third-order valence-electron chi connectivity index (χ3n) is 3.52. The second kappa shape index (κ2) is 6.42. The molecule has 1 amide bonds. The number of aliphatic hydroxyl groups is 1. The lowest BCUT2D eigenvalue weighted by Gasteiger charge is -2.20. The van der Waals surface area contributed by atoms with Gasteiger partial charge in [-0.2, -0.15) is 0 Å². The molecule has 0 bridgehead atoms. The van der Waals surface area contributed by atoms with Crippen LogP contribution in [0.2, 0.25) is 0 Å². The van der Waals surface area contributed by atoms with Gasteiger partial charge in [-0.3, -0.25) is 0 Å². The topological polar surface area (TPSA) is 116 Å². The van der Waals surface area contributed by atoms with Gasteiger partial charge < -0.3 is 15.5 Å². The first-order valence-electron chi connectivity index (χ1n) is 6.58. The van der Waals surface area contributed by atoms with E-state index < -0.39 is 28.1 Å². The van der Waals surface area contributed by atoms with Crippen molar-refractivity contribution in [3.05, 3.63) is 35.4 Å². The molecule has 0 aliphatic heterocycles. The van der Waals surface area contributed by atoms with E-state index in [4.69, 9.17) is 10.2 Å². The summed E-state index contributed by atoms with van der Waals surface area (Å²) in [5.74, 6) is -0.650. The number of hydrogen-bond acceptors (Lipinski definition) is 4. The summed E-state index contributed by atoms with van der Waals surface area (Å²) < 4.78 is 26.3. The lowest BCUT2D eigenvalue weighted by atomic mass is 10.0. The molecule has 0 fully saturated rings. The van der Waals surface area contributed by atoms with Crippen LogP contribution in [0.1, 0.15) is 17.0 Å². The smallest absolute Gasteiger partial charge is 0.404 e. The highest BCUT2D eigenvalue weighted by Gasteiger charge is 2.36. The van der Waals surface area contributed by atoms with Crippen molar-refractivity contribution in [3.63, 3.8) is 0 Å². The van der Waals surface area contributed by atoms with Crippen molar-refractivity contribution in [1.82, 2.24) is 10.0 Å². The van der Waals surface area contributed by atoms with Gasteiger partial charge in [-0.25, -0.2) is 17.9 Å². The average Bonchev–Trinajstić information content (AvgIpc) is 2.73. The summed E-state index contributed by atoms with van der Waals surface area (Å²) in [5, 5.41) is 20.0. The molecule has 0 unspecified atom stereocenters. The van der Waals surface area contributed by atoms with Gasteiger partial charge in [-0.15, -0.1) is 0 Å². The Balaban J connectivity index is 2.22. The van der Waals surface area contributed by atoms with Crippen LogP contribution in [0, 0.1) is 0 Å². The fourth-order valence-corrected chi connectivity index (χ4v) is 4.10. The van der Waals surface area contributed by atoms with Crippen LogP contribution in [0.3, 0.4) is 0 Å². The van der Waals surface area contributed by atoms with Crippen LogP contribution in [0.4, 0.5) is 4.79 Å². The zero-order valence-corrected chi connectivity index (χ0v) is 12.1. The van der Waals surface area contributed by atoms with Crippen molar-refractivity contribution >= 4 is 16.1 Å². The molecule has 0 aromatic heterocycles. The molecule has 0 saturated heterocycles. The van der Waals surface area contributed by atoms with Gasteiger partial charge in [0.25, 0.3) is 0 Å². The summed E-state index contributed by atoms with van der Waals surface area (Å²) in [7, 11) is -3.58. The molecule has 0 radical (unpaired) electrons. The molecule has 116 valence electrons. The van der Waals surface area contributed by atoms with E-state index >= 15 is 0 Å². The fraction of sp³-hybridized carbons (Fsp3) is 0.462. The zero-order valence-electron chi connectivity index (χ0n) is 11.3. The number of benzene rings is 1. The third kappa shape index (κ3) is 3.93. The molecule has 0 spiro atoms. The number of fused-ring (bicyclic) bond motifs is 1. The number of aliphatic hydroxyl groups excluding tert-OH is 1. The van der Waals surface area contributed by atoms with Crippen LogP contribution in [-0.2, 0) is 16.4 Å². The Morgan fingerprint density at radius 3 is 2.71 bits per heavy atom. The Labute approximate surface area is 123 Å². The minimum Gasteiger partial charge on any atom is -0.465 e. The summed E-state index contributed by atoms with van der Waals surface area (Å²) in [4.78, 5) is 10.9. The van der Waals surface area contributed by atoms with Gasteiger partial charge in [0.2, 0.25) is 10.0 Å². The van der Waals surface area contributed by atoms with Gasteiger partial charge in [0.15, 0.2) is 0 Å². The first-order chi connectivity index (χ1) is 9.93. The average molecular weight is 314 g/mol.